The molecule has 0 unspecified atom stereocenters. The fourth-order valence-electron chi connectivity index (χ4n) is 2.74. The predicted octanol–water partition coefficient (Wildman–Crippen LogP) is 5.01. The predicted molar refractivity (Wildman–Crippen MR) is 123 cm³/mol. The van der Waals surface area contributed by atoms with Gasteiger partial charge >= 0.3 is 0 Å². The number of hydrogen-bond donors (Lipinski definition) is 0. The van der Waals surface area contributed by atoms with Crippen LogP contribution in [0.1, 0.15) is 15.9 Å². The van der Waals surface area contributed by atoms with Crippen molar-refractivity contribution in [2.75, 3.05) is 39.2 Å². The number of carbonyl (C=O) groups is 1. The van der Waals surface area contributed by atoms with E-state index in [2.05, 4.69) is 20.8 Å². The summed E-state index contributed by atoms with van der Waals surface area (Å²) in [6, 6.07) is 11.4. The van der Waals surface area contributed by atoms with Gasteiger partial charge in [0.1, 0.15) is 11.3 Å². The number of methoxy groups -OCH3 is 1. The van der Waals surface area contributed by atoms with Crippen LogP contribution in [0.3, 0.4) is 0 Å². The Balaban J connectivity index is 0.00000280. The fraction of sp³-hybridized carbons (Fsp3) is 0.300. The molecule has 3 rings (SSSR count). The third kappa shape index (κ3) is 4.66. The van der Waals surface area contributed by atoms with Gasteiger partial charge in [0, 0.05) is 17.6 Å². The molecule has 28 heavy (non-hydrogen) atoms. The molecule has 1 amide bonds. The zero-order valence-electron chi connectivity index (χ0n) is 16.2. The number of fused-ring (bicyclic) bond motifs is 1. The van der Waals surface area contributed by atoms with E-state index >= 15 is 0 Å². The van der Waals surface area contributed by atoms with Gasteiger partial charge < -0.3 is 9.64 Å². The zero-order valence-corrected chi connectivity index (χ0v) is 19.4. The second-order valence-electron chi connectivity index (χ2n) is 6.50. The highest BCUT2D eigenvalue weighted by Crippen LogP contribution is 2.37. The van der Waals surface area contributed by atoms with Gasteiger partial charge in [-0.05, 0) is 60.7 Å². The first kappa shape index (κ1) is 22.6. The molecule has 0 saturated heterocycles. The first-order valence-corrected chi connectivity index (χ1v) is 10.2. The van der Waals surface area contributed by atoms with E-state index in [9.17, 15) is 4.79 Å². The maximum Gasteiger partial charge on any atom is 0.261 e. The van der Waals surface area contributed by atoms with Gasteiger partial charge in [-0.15, -0.1) is 12.4 Å². The third-order valence-corrected chi connectivity index (χ3v) is 6.17. The number of likely N-dealkylation sites (N-methyl/N-ethyl adjacent to an activating group) is 1. The van der Waals surface area contributed by atoms with Gasteiger partial charge in [-0.25, -0.2) is 4.98 Å². The van der Waals surface area contributed by atoms with Crippen molar-refractivity contribution < 1.29 is 9.53 Å². The monoisotopic (exact) mass is 483 g/mol. The highest BCUT2D eigenvalue weighted by Gasteiger charge is 2.24. The summed E-state index contributed by atoms with van der Waals surface area (Å²) in [4.78, 5) is 21.9. The molecule has 2 aromatic carbocycles. The van der Waals surface area contributed by atoms with Gasteiger partial charge in [-0.1, -0.05) is 29.5 Å². The Morgan fingerprint density at radius 3 is 2.54 bits per heavy atom. The summed E-state index contributed by atoms with van der Waals surface area (Å²) in [5.74, 6) is 0.652. The van der Waals surface area contributed by atoms with Crippen molar-refractivity contribution in [2.24, 2.45) is 0 Å². The van der Waals surface area contributed by atoms with Crippen LogP contribution in [0.4, 0.5) is 5.13 Å². The molecule has 0 fully saturated rings. The van der Waals surface area contributed by atoms with Crippen molar-refractivity contribution >= 4 is 60.9 Å². The van der Waals surface area contributed by atoms with Gasteiger partial charge in [-0.2, -0.15) is 0 Å². The SMILES string of the molecule is COc1ccc(C)c2sc(N(CCN(C)C)C(=O)c3ccccc3Br)nc12.Cl. The minimum absolute atomic E-state index is 0. The Bertz CT molecular complexity index is 977. The van der Waals surface area contributed by atoms with Crippen LogP contribution in [-0.4, -0.2) is 50.1 Å². The van der Waals surface area contributed by atoms with E-state index in [1.54, 1.807) is 12.0 Å². The van der Waals surface area contributed by atoms with Crippen molar-refractivity contribution in [1.29, 1.82) is 0 Å². The van der Waals surface area contributed by atoms with Crippen LogP contribution < -0.4 is 9.64 Å². The van der Waals surface area contributed by atoms with Crippen LogP contribution in [0, 0.1) is 6.92 Å². The Morgan fingerprint density at radius 1 is 1.18 bits per heavy atom. The molecule has 8 heteroatoms. The lowest BCUT2D eigenvalue weighted by Crippen LogP contribution is -2.36. The highest BCUT2D eigenvalue weighted by molar-refractivity contribution is 9.10. The first-order chi connectivity index (χ1) is 12.9. The van der Waals surface area contributed by atoms with Gasteiger partial charge in [0.15, 0.2) is 5.13 Å². The molecule has 0 N–H and O–H groups in total. The Kier molecular flexibility index (Phi) is 7.83. The number of benzene rings is 2. The van der Waals surface area contributed by atoms with E-state index < -0.39 is 0 Å². The van der Waals surface area contributed by atoms with Crippen LogP contribution in [0.15, 0.2) is 40.9 Å². The van der Waals surface area contributed by atoms with E-state index in [4.69, 9.17) is 9.72 Å². The summed E-state index contributed by atoms with van der Waals surface area (Å²) < 4.78 is 7.28. The molecule has 0 radical (unpaired) electrons. The number of anilines is 1. The summed E-state index contributed by atoms with van der Waals surface area (Å²) in [5.41, 5.74) is 2.54. The number of amides is 1. The standard InChI is InChI=1S/C20H22BrN3O2S.ClH/c1-13-9-10-16(26-4)17-18(13)27-20(22-17)24(12-11-23(2)3)19(25)14-7-5-6-8-15(14)21;/h5-10H,11-12H2,1-4H3;1H. The minimum Gasteiger partial charge on any atom is -0.494 e. The maximum absolute atomic E-state index is 13.3. The van der Waals surface area contributed by atoms with Gasteiger partial charge in [0.05, 0.1) is 17.4 Å². The number of hydrogen-bond acceptors (Lipinski definition) is 5. The van der Waals surface area contributed by atoms with Crippen LogP contribution in [-0.2, 0) is 0 Å². The molecular formula is C20H23BrClN3O2S. The summed E-state index contributed by atoms with van der Waals surface area (Å²) in [5, 5.41) is 0.681. The molecule has 5 nitrogen and oxygen atoms in total. The van der Waals surface area contributed by atoms with E-state index in [0.29, 0.717) is 17.2 Å². The molecular weight excluding hydrogens is 462 g/mol. The molecule has 0 saturated carbocycles. The van der Waals surface area contributed by atoms with Crippen molar-refractivity contribution in [2.45, 2.75) is 6.92 Å². The molecule has 0 bridgehead atoms. The van der Waals surface area contributed by atoms with E-state index in [1.165, 1.54) is 11.3 Å². The second-order valence-corrected chi connectivity index (χ2v) is 8.33. The van der Waals surface area contributed by atoms with Crippen LogP contribution >= 0.6 is 39.7 Å². The first-order valence-electron chi connectivity index (χ1n) is 8.57. The van der Waals surface area contributed by atoms with E-state index in [-0.39, 0.29) is 18.3 Å². The van der Waals surface area contributed by atoms with Crippen LogP contribution in [0.2, 0.25) is 0 Å². The fourth-order valence-corrected chi connectivity index (χ4v) is 4.27. The quantitative estimate of drug-likeness (QED) is 0.493. The topological polar surface area (TPSA) is 45.7 Å². The molecule has 3 aromatic rings. The molecule has 150 valence electrons. The summed E-state index contributed by atoms with van der Waals surface area (Å²) >= 11 is 5.01. The smallest absolute Gasteiger partial charge is 0.261 e. The third-order valence-electron chi connectivity index (χ3n) is 4.26. The van der Waals surface area contributed by atoms with Crippen LogP contribution in [0.25, 0.3) is 10.2 Å². The lowest BCUT2D eigenvalue weighted by atomic mass is 10.2. The Labute approximate surface area is 183 Å². The lowest BCUT2D eigenvalue weighted by Gasteiger charge is -2.22. The number of halogens is 2. The lowest BCUT2D eigenvalue weighted by molar-refractivity contribution is 0.0984. The number of aryl methyl sites for hydroxylation is 1. The second kappa shape index (κ2) is 9.69. The number of carbonyl (C=O) groups excluding carboxylic acids is 1. The summed E-state index contributed by atoms with van der Waals surface area (Å²) in [6.07, 6.45) is 0. The highest BCUT2D eigenvalue weighted by atomic mass is 79.9. The van der Waals surface area contributed by atoms with Gasteiger partial charge in [0.2, 0.25) is 0 Å². The van der Waals surface area contributed by atoms with Crippen molar-refractivity contribution in [3.05, 3.63) is 52.0 Å². The zero-order chi connectivity index (χ0) is 19.6. The molecule has 0 spiro atoms. The number of ether oxygens (including phenoxy) is 1. The number of aromatic nitrogens is 1. The van der Waals surface area contributed by atoms with E-state index in [1.807, 2.05) is 57.4 Å². The average molecular weight is 485 g/mol. The van der Waals surface area contributed by atoms with Gasteiger partial charge in [0.25, 0.3) is 5.91 Å². The normalized spacial score (nSPS) is 10.8. The molecule has 1 heterocycles. The van der Waals surface area contributed by atoms with Crippen LogP contribution in [0.5, 0.6) is 5.75 Å². The summed E-state index contributed by atoms with van der Waals surface area (Å²) in [7, 11) is 5.62. The van der Waals surface area contributed by atoms with Crippen molar-refractivity contribution in [1.82, 2.24) is 9.88 Å². The Hall–Kier alpha value is -1.67. The minimum atomic E-state index is -0.0694. The number of rotatable bonds is 6. The summed E-state index contributed by atoms with van der Waals surface area (Å²) in [6.45, 7) is 3.33. The molecule has 0 atom stereocenters. The average Bonchev–Trinajstić information content (AvgIpc) is 3.08. The molecule has 1 aromatic heterocycles. The van der Waals surface area contributed by atoms with Crippen molar-refractivity contribution in [3.63, 3.8) is 0 Å². The Morgan fingerprint density at radius 2 is 1.89 bits per heavy atom. The van der Waals surface area contributed by atoms with Gasteiger partial charge in [-0.3, -0.25) is 9.69 Å². The van der Waals surface area contributed by atoms with E-state index in [0.717, 1.165) is 32.5 Å². The maximum atomic E-state index is 13.3. The number of thiazole rings is 1. The largest absolute Gasteiger partial charge is 0.494 e. The van der Waals surface area contributed by atoms with Crippen molar-refractivity contribution in [3.8, 4) is 5.75 Å². The molecule has 0 aliphatic heterocycles. The molecule has 0 aliphatic carbocycles. The number of nitrogens with zero attached hydrogens (tertiary/aromatic N) is 3. The molecule has 0 aliphatic rings.